The average Bonchev–Trinajstić information content (AvgIpc) is 2.30. The Morgan fingerprint density at radius 2 is 2.00 bits per heavy atom. The molecule has 0 saturated carbocycles. The fraction of sp³-hybridized carbons (Fsp3) is 0.111. The lowest BCUT2D eigenvalue weighted by atomic mass is 10.1. The van der Waals surface area contributed by atoms with Crippen LogP contribution in [-0.4, -0.2) is 0 Å². The van der Waals surface area contributed by atoms with Crippen molar-refractivity contribution in [2.24, 2.45) is 0 Å². The lowest BCUT2D eigenvalue weighted by molar-refractivity contribution is 0.130. The average molecular weight is 166 g/mol. The van der Waals surface area contributed by atoms with Crippen molar-refractivity contribution in [3.8, 4) is 0 Å². The maximum atomic E-state index is 11.3. The number of benzene rings is 1. The van der Waals surface area contributed by atoms with Gasteiger partial charge in [0.25, 0.3) is 0 Å². The zero-order chi connectivity index (χ0) is 7.84. The van der Waals surface area contributed by atoms with E-state index in [-0.39, 0.29) is 0 Å². The largest absolute Gasteiger partial charge is 0.222 e. The van der Waals surface area contributed by atoms with Crippen LogP contribution in [0.1, 0.15) is 17.2 Å². The molecule has 1 aromatic carbocycles. The van der Waals surface area contributed by atoms with E-state index in [1.54, 1.807) is 6.08 Å². The van der Waals surface area contributed by atoms with Gasteiger partial charge in [-0.2, -0.15) is 0 Å². The molecule has 0 fully saturated rings. The summed E-state index contributed by atoms with van der Waals surface area (Å²) in [5.74, 6) is 0. The van der Waals surface area contributed by atoms with E-state index in [0.717, 1.165) is 11.1 Å². The van der Waals surface area contributed by atoms with E-state index in [9.17, 15) is 5.11 Å². The minimum Gasteiger partial charge on any atom is -0.222 e. The lowest BCUT2D eigenvalue weighted by Gasteiger charge is -2.00. The third kappa shape index (κ3) is 0.971. The van der Waals surface area contributed by atoms with Gasteiger partial charge >= 0.3 is 0 Å². The number of hydrogen-bond acceptors (Lipinski definition) is 0. The van der Waals surface area contributed by atoms with E-state index in [1.807, 2.05) is 24.3 Å². The van der Waals surface area contributed by atoms with Crippen molar-refractivity contribution in [3.05, 3.63) is 40.4 Å². The normalized spacial score (nSPS) is 21.3. The number of fused-ring (bicyclic) bond motifs is 1. The second-order valence-electron chi connectivity index (χ2n) is 2.54. The fourth-order valence-electron chi connectivity index (χ4n) is 1.25. The summed E-state index contributed by atoms with van der Waals surface area (Å²) in [5.41, 5.74) is 1.75. The van der Waals surface area contributed by atoms with Crippen LogP contribution in [0.15, 0.2) is 29.3 Å². The molecular formula is C9H6ClO. The molecule has 0 N–H and O–H groups in total. The SMILES string of the molecule is [O]C1C(Cl)=Cc2ccccc21. The van der Waals surface area contributed by atoms with E-state index in [0.29, 0.717) is 5.03 Å². The van der Waals surface area contributed by atoms with Crippen LogP contribution in [0.5, 0.6) is 0 Å². The summed E-state index contributed by atoms with van der Waals surface area (Å²) in [6.07, 6.45) is 0.877. The number of hydrogen-bond donors (Lipinski definition) is 0. The van der Waals surface area contributed by atoms with Crippen molar-refractivity contribution in [1.29, 1.82) is 0 Å². The van der Waals surface area contributed by atoms with Gasteiger partial charge in [-0.05, 0) is 17.2 Å². The van der Waals surface area contributed by atoms with Crippen LogP contribution in [-0.2, 0) is 5.11 Å². The molecule has 0 aromatic heterocycles. The quantitative estimate of drug-likeness (QED) is 0.564. The first-order valence-corrected chi connectivity index (χ1v) is 3.78. The van der Waals surface area contributed by atoms with Crippen molar-refractivity contribution < 1.29 is 5.11 Å². The molecule has 1 aliphatic rings. The van der Waals surface area contributed by atoms with Crippen LogP contribution in [0, 0.1) is 0 Å². The highest BCUT2D eigenvalue weighted by molar-refractivity contribution is 6.32. The highest BCUT2D eigenvalue weighted by atomic mass is 35.5. The lowest BCUT2D eigenvalue weighted by Crippen LogP contribution is -1.89. The second kappa shape index (κ2) is 2.36. The molecule has 0 spiro atoms. The fourth-order valence-corrected chi connectivity index (χ4v) is 1.49. The first-order valence-electron chi connectivity index (χ1n) is 3.41. The second-order valence-corrected chi connectivity index (χ2v) is 2.97. The molecule has 1 aromatic rings. The summed E-state index contributed by atoms with van der Waals surface area (Å²) in [5, 5.41) is 11.7. The standard InChI is InChI=1S/C9H6ClO/c10-8-5-6-3-1-2-4-7(6)9(8)11/h1-5,9H. The summed E-state index contributed by atoms with van der Waals surface area (Å²) in [4.78, 5) is 0. The Balaban J connectivity index is 2.58. The maximum Gasteiger partial charge on any atom is 0.154 e. The van der Waals surface area contributed by atoms with E-state index in [4.69, 9.17) is 11.6 Å². The molecule has 1 atom stereocenters. The van der Waals surface area contributed by atoms with Gasteiger partial charge in [-0.15, -0.1) is 0 Å². The third-order valence-corrected chi connectivity index (χ3v) is 2.13. The highest BCUT2D eigenvalue weighted by Crippen LogP contribution is 2.36. The van der Waals surface area contributed by atoms with Gasteiger partial charge < -0.3 is 0 Å². The molecule has 2 heteroatoms. The van der Waals surface area contributed by atoms with Crippen LogP contribution >= 0.6 is 11.6 Å². The summed E-state index contributed by atoms with van der Waals surface area (Å²) in [6, 6.07) is 7.47. The summed E-state index contributed by atoms with van der Waals surface area (Å²) in [6.45, 7) is 0. The molecule has 1 radical (unpaired) electrons. The summed E-state index contributed by atoms with van der Waals surface area (Å²) in [7, 11) is 0. The molecule has 1 aliphatic carbocycles. The molecule has 2 rings (SSSR count). The molecule has 0 amide bonds. The zero-order valence-electron chi connectivity index (χ0n) is 5.75. The first kappa shape index (κ1) is 6.89. The summed E-state index contributed by atoms with van der Waals surface area (Å²) >= 11 is 5.68. The Morgan fingerprint density at radius 1 is 1.27 bits per heavy atom. The van der Waals surface area contributed by atoms with E-state index in [1.165, 1.54) is 0 Å². The van der Waals surface area contributed by atoms with Crippen LogP contribution in [0.4, 0.5) is 0 Å². The maximum absolute atomic E-state index is 11.3. The molecule has 55 valence electrons. The van der Waals surface area contributed by atoms with Crippen LogP contribution in [0.3, 0.4) is 0 Å². The van der Waals surface area contributed by atoms with Gasteiger partial charge in [-0.1, -0.05) is 35.9 Å². The van der Waals surface area contributed by atoms with Crippen LogP contribution < -0.4 is 0 Å². The molecule has 11 heavy (non-hydrogen) atoms. The minimum absolute atomic E-state index is 0.395. The molecule has 0 bridgehead atoms. The molecule has 0 aliphatic heterocycles. The van der Waals surface area contributed by atoms with Gasteiger partial charge in [-0.25, -0.2) is 5.11 Å². The number of rotatable bonds is 0. The van der Waals surface area contributed by atoms with Gasteiger partial charge in [-0.3, -0.25) is 0 Å². The molecule has 1 nitrogen and oxygen atoms in total. The predicted molar refractivity (Wildman–Crippen MR) is 43.7 cm³/mol. The van der Waals surface area contributed by atoms with Crippen molar-refractivity contribution in [2.75, 3.05) is 0 Å². The molecule has 0 heterocycles. The van der Waals surface area contributed by atoms with E-state index < -0.39 is 6.10 Å². The Morgan fingerprint density at radius 3 is 2.73 bits per heavy atom. The topological polar surface area (TPSA) is 19.9 Å². The smallest absolute Gasteiger partial charge is 0.154 e. The van der Waals surface area contributed by atoms with Gasteiger partial charge in [0.05, 0.1) is 5.03 Å². The number of halogens is 1. The van der Waals surface area contributed by atoms with Gasteiger partial charge in [0, 0.05) is 0 Å². The predicted octanol–water partition coefficient (Wildman–Crippen LogP) is 2.75. The van der Waals surface area contributed by atoms with E-state index in [2.05, 4.69) is 0 Å². The Kier molecular flexibility index (Phi) is 1.48. The molecular weight excluding hydrogens is 160 g/mol. The van der Waals surface area contributed by atoms with Crippen LogP contribution in [0.2, 0.25) is 0 Å². The molecule has 1 unspecified atom stereocenters. The Hall–Kier alpha value is -0.790. The Bertz CT molecular complexity index is 317. The first-order chi connectivity index (χ1) is 5.29. The van der Waals surface area contributed by atoms with Crippen molar-refractivity contribution in [3.63, 3.8) is 0 Å². The van der Waals surface area contributed by atoms with Gasteiger partial charge in [0.15, 0.2) is 6.10 Å². The Labute approximate surface area is 69.9 Å². The van der Waals surface area contributed by atoms with Gasteiger partial charge in [0.2, 0.25) is 0 Å². The molecule has 0 saturated heterocycles. The van der Waals surface area contributed by atoms with E-state index >= 15 is 0 Å². The monoisotopic (exact) mass is 165 g/mol. The minimum atomic E-state index is -0.854. The highest BCUT2D eigenvalue weighted by Gasteiger charge is 2.21. The summed E-state index contributed by atoms with van der Waals surface area (Å²) < 4.78 is 0. The van der Waals surface area contributed by atoms with Crippen molar-refractivity contribution in [1.82, 2.24) is 0 Å². The van der Waals surface area contributed by atoms with Crippen LogP contribution in [0.25, 0.3) is 6.08 Å². The van der Waals surface area contributed by atoms with Crippen molar-refractivity contribution in [2.45, 2.75) is 6.10 Å². The van der Waals surface area contributed by atoms with Gasteiger partial charge in [0.1, 0.15) is 0 Å². The van der Waals surface area contributed by atoms with Crippen molar-refractivity contribution >= 4 is 17.7 Å². The third-order valence-electron chi connectivity index (χ3n) is 1.82. The zero-order valence-corrected chi connectivity index (χ0v) is 6.51.